The Morgan fingerprint density at radius 1 is 0.524 bits per heavy atom. The van der Waals surface area contributed by atoms with Crippen LogP contribution in [0.4, 0.5) is 34.6 Å². The quantitative estimate of drug-likeness (QED) is 0.117. The monoisotopic (exact) mass is 872 g/mol. The van der Waals surface area contributed by atoms with Gasteiger partial charge in [-0.2, -0.15) is 0 Å². The highest BCUT2D eigenvalue weighted by Gasteiger charge is 2.34. The number of nitrogens with zero attached hydrogens (tertiary/aromatic N) is 10. The van der Waals surface area contributed by atoms with Crippen LogP contribution in [0.15, 0.2) is 48.5 Å². The van der Waals surface area contributed by atoms with Gasteiger partial charge in [0.25, 0.3) is 0 Å². The Kier molecular flexibility index (Phi) is 16.8. The second kappa shape index (κ2) is 23.1. The number of hydrogen-bond acceptors (Lipinski definition) is 19. The molecular formula is C42H52N10O11. The van der Waals surface area contributed by atoms with Crippen LogP contribution in [0.2, 0.25) is 0 Å². The fourth-order valence-electron chi connectivity index (χ4n) is 6.94. The number of benzene rings is 2. The van der Waals surface area contributed by atoms with Crippen LogP contribution in [0.25, 0.3) is 12.2 Å². The molecule has 2 aromatic heterocycles. The van der Waals surface area contributed by atoms with Gasteiger partial charge in [0.15, 0.2) is 5.82 Å². The fourth-order valence-corrected chi connectivity index (χ4v) is 6.94. The van der Waals surface area contributed by atoms with Crippen LogP contribution in [0.1, 0.15) is 27.6 Å². The summed E-state index contributed by atoms with van der Waals surface area (Å²) in [6.45, 7) is 10.5. The van der Waals surface area contributed by atoms with Gasteiger partial charge in [-0.05, 0) is 55.0 Å². The molecule has 0 spiro atoms. The summed E-state index contributed by atoms with van der Waals surface area (Å²) in [5, 5.41) is 23.7. The van der Waals surface area contributed by atoms with Crippen molar-refractivity contribution in [1.82, 2.24) is 19.9 Å². The number of aldehydes is 1. The lowest BCUT2D eigenvalue weighted by Gasteiger charge is -2.31. The maximum atomic E-state index is 12.1. The van der Waals surface area contributed by atoms with Crippen LogP contribution in [-0.4, -0.2) is 156 Å². The molecule has 0 N–H and O–H groups in total. The minimum Gasteiger partial charge on any atom is -0.497 e. The van der Waals surface area contributed by atoms with Gasteiger partial charge >= 0.3 is 11.4 Å². The van der Waals surface area contributed by atoms with Gasteiger partial charge in [-0.1, -0.05) is 18.2 Å². The molecule has 4 fully saturated rings. The zero-order valence-electron chi connectivity index (χ0n) is 35.6. The standard InChI is InChI=1S/C21H25N5O5.C13H19N5O4.C8H8O2/c1-29-17-5-2-16(3-6-17)4-7-18-22-20(24-8-12-30-13-9-24)19(26(27)28)21(23-18)25-10-14-31-15-11-25;1-10-14-12(16-2-6-21-7-3-16)11(18(19)20)13(15-10)17-4-8-22-9-5-17;1-10-8-4-2-7(6-9)3-5-8/h2-7H,8-15H2,1H3;2-9H2,1H3;2-6H,1H3/b7-4+;;. The Bertz CT molecular complexity index is 2080. The predicted octanol–water partition coefficient (Wildman–Crippen LogP) is 4.11. The molecule has 0 saturated carbocycles. The Morgan fingerprint density at radius 2 is 0.841 bits per heavy atom. The molecule has 0 radical (unpaired) electrons. The summed E-state index contributed by atoms with van der Waals surface area (Å²) >= 11 is 0. The maximum absolute atomic E-state index is 12.1. The Morgan fingerprint density at radius 3 is 1.14 bits per heavy atom. The number of aryl methyl sites for hydroxylation is 1. The second-order valence-corrected chi connectivity index (χ2v) is 14.3. The lowest BCUT2D eigenvalue weighted by Crippen LogP contribution is -2.39. The second-order valence-electron chi connectivity index (χ2n) is 14.3. The third-order valence-electron chi connectivity index (χ3n) is 10.2. The maximum Gasteiger partial charge on any atom is 0.353 e. The summed E-state index contributed by atoms with van der Waals surface area (Å²) < 4.78 is 31.6. The molecular weight excluding hydrogens is 821 g/mol. The Balaban J connectivity index is 0.000000178. The van der Waals surface area contributed by atoms with Crippen LogP contribution in [-0.2, 0) is 18.9 Å². The number of nitro groups is 2. The molecule has 336 valence electrons. The van der Waals surface area contributed by atoms with Gasteiger partial charge in [0, 0.05) is 57.9 Å². The number of ether oxygens (including phenoxy) is 6. The van der Waals surface area contributed by atoms with Crippen LogP contribution < -0.4 is 29.1 Å². The first kappa shape index (κ1) is 46.0. The Labute approximate surface area is 364 Å². The van der Waals surface area contributed by atoms with Crippen molar-refractivity contribution >= 4 is 53.1 Å². The van der Waals surface area contributed by atoms with Crippen molar-refractivity contribution in [2.24, 2.45) is 0 Å². The zero-order chi connectivity index (χ0) is 44.6. The van der Waals surface area contributed by atoms with E-state index in [1.54, 1.807) is 51.5 Å². The highest BCUT2D eigenvalue weighted by molar-refractivity contribution is 5.76. The topological polar surface area (TPSA) is 223 Å². The number of hydrogen-bond donors (Lipinski definition) is 0. The highest BCUT2D eigenvalue weighted by atomic mass is 16.6. The number of anilines is 4. The van der Waals surface area contributed by atoms with Gasteiger partial charge in [-0.15, -0.1) is 0 Å². The first-order valence-corrected chi connectivity index (χ1v) is 20.5. The van der Waals surface area contributed by atoms with Gasteiger partial charge in [-0.25, -0.2) is 19.9 Å². The SMILES string of the molecule is COc1ccc(/C=C/c2nc(N3CCOCC3)c([N+](=O)[O-])c(N3CCOCC3)n2)cc1.COc1ccc(C=O)cc1.Cc1nc(N2CCOCC2)c([N+](=O)[O-])c(N2CCOCC2)n1. The average molecular weight is 873 g/mol. The molecule has 0 atom stereocenters. The smallest absolute Gasteiger partial charge is 0.353 e. The molecule has 0 unspecified atom stereocenters. The van der Waals surface area contributed by atoms with E-state index in [9.17, 15) is 25.0 Å². The van der Waals surface area contributed by atoms with E-state index in [4.69, 9.17) is 28.4 Å². The summed E-state index contributed by atoms with van der Waals surface area (Å²) in [5.41, 5.74) is 1.53. The molecule has 4 saturated heterocycles. The molecule has 0 aliphatic carbocycles. The van der Waals surface area contributed by atoms with Crippen LogP contribution in [0.5, 0.6) is 11.5 Å². The van der Waals surface area contributed by atoms with Gasteiger partial charge < -0.3 is 48.0 Å². The van der Waals surface area contributed by atoms with Crippen molar-refractivity contribution in [3.63, 3.8) is 0 Å². The normalized spacial score (nSPS) is 16.6. The molecule has 2 aromatic carbocycles. The number of methoxy groups -OCH3 is 2. The lowest BCUT2D eigenvalue weighted by molar-refractivity contribution is -0.384. The number of aromatic nitrogens is 4. The number of carbonyl (C=O) groups is 1. The van der Waals surface area contributed by atoms with Gasteiger partial charge in [0.1, 0.15) is 23.6 Å². The summed E-state index contributed by atoms with van der Waals surface area (Å²) in [6, 6.07) is 14.5. The molecule has 21 heteroatoms. The minimum absolute atomic E-state index is 0.0191. The van der Waals surface area contributed by atoms with E-state index in [0.717, 1.165) is 23.3 Å². The number of carbonyl (C=O) groups excluding carboxylic acids is 1. The van der Waals surface area contributed by atoms with Crippen LogP contribution in [0, 0.1) is 27.2 Å². The van der Waals surface area contributed by atoms with E-state index in [1.807, 2.05) is 49.9 Å². The Hall–Kier alpha value is -6.55. The molecule has 4 aliphatic rings. The minimum atomic E-state index is -0.382. The lowest BCUT2D eigenvalue weighted by atomic mass is 10.2. The van der Waals surface area contributed by atoms with Gasteiger partial charge in [0.05, 0.1) is 76.9 Å². The highest BCUT2D eigenvalue weighted by Crippen LogP contribution is 2.37. The van der Waals surface area contributed by atoms with E-state index in [1.165, 1.54) is 0 Å². The molecule has 0 amide bonds. The molecule has 63 heavy (non-hydrogen) atoms. The van der Waals surface area contributed by atoms with Crippen molar-refractivity contribution in [3.8, 4) is 11.5 Å². The van der Waals surface area contributed by atoms with Crippen LogP contribution in [0.3, 0.4) is 0 Å². The number of morpholine rings is 4. The van der Waals surface area contributed by atoms with Crippen molar-refractivity contribution in [1.29, 1.82) is 0 Å². The third-order valence-corrected chi connectivity index (χ3v) is 10.2. The first-order chi connectivity index (χ1) is 30.7. The largest absolute Gasteiger partial charge is 0.497 e. The summed E-state index contributed by atoms with van der Waals surface area (Å²) in [6.07, 6.45) is 4.46. The molecule has 6 heterocycles. The van der Waals surface area contributed by atoms with Gasteiger partial charge in [0.2, 0.25) is 23.3 Å². The fraction of sp³-hybridized carbons (Fsp3) is 0.452. The summed E-state index contributed by atoms with van der Waals surface area (Å²) in [4.78, 5) is 58.5. The van der Waals surface area contributed by atoms with Crippen molar-refractivity contribution < 1.29 is 43.1 Å². The number of rotatable bonds is 11. The van der Waals surface area contributed by atoms with Gasteiger partial charge in [-0.3, -0.25) is 25.0 Å². The predicted molar refractivity (Wildman–Crippen MR) is 235 cm³/mol. The summed E-state index contributed by atoms with van der Waals surface area (Å²) in [5.74, 6) is 3.94. The third kappa shape index (κ3) is 12.5. The van der Waals surface area contributed by atoms with E-state index >= 15 is 0 Å². The van der Waals surface area contributed by atoms with E-state index in [2.05, 4.69) is 19.9 Å². The van der Waals surface area contributed by atoms with E-state index in [0.29, 0.717) is 146 Å². The van der Waals surface area contributed by atoms with Crippen molar-refractivity contribution in [2.75, 3.05) is 139 Å². The van der Waals surface area contributed by atoms with Crippen molar-refractivity contribution in [2.45, 2.75) is 6.92 Å². The molecule has 4 aliphatic heterocycles. The van der Waals surface area contributed by atoms with E-state index < -0.39 is 0 Å². The first-order valence-electron chi connectivity index (χ1n) is 20.5. The van der Waals surface area contributed by atoms with Crippen molar-refractivity contribution in [3.05, 3.63) is 91.5 Å². The average Bonchev–Trinajstić information content (AvgIpc) is 3.34. The van der Waals surface area contributed by atoms with Crippen LogP contribution >= 0.6 is 0 Å². The summed E-state index contributed by atoms with van der Waals surface area (Å²) in [7, 11) is 3.21. The molecule has 21 nitrogen and oxygen atoms in total. The molecule has 0 bridgehead atoms. The molecule has 4 aromatic rings. The van der Waals surface area contributed by atoms with E-state index in [-0.39, 0.29) is 21.2 Å². The molecule has 8 rings (SSSR count). The zero-order valence-corrected chi connectivity index (χ0v) is 35.6.